The normalized spacial score (nSPS) is 10.4. The Bertz CT molecular complexity index is 526. The average molecular weight is 243 g/mol. The van der Waals surface area contributed by atoms with E-state index in [1.165, 1.54) is 0 Å². The van der Waals surface area contributed by atoms with Gasteiger partial charge in [0, 0.05) is 30.9 Å². The molecule has 0 saturated carbocycles. The van der Waals surface area contributed by atoms with E-state index in [-0.39, 0.29) is 5.91 Å². The number of amides is 1. The van der Waals surface area contributed by atoms with Gasteiger partial charge in [0.25, 0.3) is 5.91 Å². The van der Waals surface area contributed by atoms with Crippen LogP contribution in [0.5, 0.6) is 0 Å². The van der Waals surface area contributed by atoms with Crippen LogP contribution in [-0.2, 0) is 6.54 Å². The summed E-state index contributed by atoms with van der Waals surface area (Å²) in [5, 5.41) is 6.62. The summed E-state index contributed by atoms with van der Waals surface area (Å²) in [6, 6.07) is 5.90. The van der Waals surface area contributed by atoms with Crippen molar-refractivity contribution in [3.8, 4) is 0 Å². The van der Waals surface area contributed by atoms with Gasteiger partial charge in [0.05, 0.1) is 6.20 Å². The largest absolute Gasteiger partial charge is 0.337 e. The first kappa shape index (κ1) is 12.4. The number of aromatic amines is 1. The Morgan fingerprint density at radius 2 is 1.94 bits per heavy atom. The molecular weight excluding hydrogens is 226 g/mol. The van der Waals surface area contributed by atoms with E-state index >= 15 is 0 Å². The Morgan fingerprint density at radius 3 is 2.50 bits per heavy atom. The van der Waals surface area contributed by atoms with Gasteiger partial charge in [0.2, 0.25) is 0 Å². The summed E-state index contributed by atoms with van der Waals surface area (Å²) in [6.45, 7) is 4.56. The lowest BCUT2D eigenvalue weighted by Gasteiger charge is -2.16. The number of hydrogen-bond acceptors (Lipinski definition) is 2. The molecule has 4 nitrogen and oxygen atoms in total. The maximum atomic E-state index is 12.3. The molecule has 1 amide bonds. The number of hydrogen-bond donors (Lipinski definition) is 1. The highest BCUT2D eigenvalue weighted by Crippen LogP contribution is 2.12. The summed E-state index contributed by atoms with van der Waals surface area (Å²) in [5.41, 5.74) is 3.94. The van der Waals surface area contributed by atoms with Gasteiger partial charge in [0.15, 0.2) is 0 Å². The first-order chi connectivity index (χ1) is 8.56. The molecule has 0 radical (unpaired) electrons. The lowest BCUT2D eigenvalue weighted by Crippen LogP contribution is -2.26. The molecule has 94 valence electrons. The second-order valence-electron chi connectivity index (χ2n) is 4.64. The fourth-order valence-electron chi connectivity index (χ4n) is 2.03. The van der Waals surface area contributed by atoms with Crippen molar-refractivity contribution in [2.75, 3.05) is 7.05 Å². The molecule has 1 aromatic carbocycles. The van der Waals surface area contributed by atoms with Crippen molar-refractivity contribution >= 4 is 5.91 Å². The van der Waals surface area contributed by atoms with Gasteiger partial charge in [-0.05, 0) is 26.0 Å². The van der Waals surface area contributed by atoms with E-state index in [1.807, 2.05) is 26.0 Å². The third kappa shape index (κ3) is 2.77. The standard InChI is InChI=1S/C14H17N3O/c1-10-4-11(2)6-13(5-10)14(18)17(3)9-12-7-15-16-8-12/h4-8H,9H2,1-3H3,(H,15,16). The zero-order valence-electron chi connectivity index (χ0n) is 10.9. The van der Waals surface area contributed by atoms with Crippen LogP contribution in [-0.4, -0.2) is 28.1 Å². The number of benzene rings is 1. The molecule has 0 unspecified atom stereocenters. The first-order valence-corrected chi connectivity index (χ1v) is 5.87. The van der Waals surface area contributed by atoms with Gasteiger partial charge in [-0.1, -0.05) is 17.2 Å². The molecule has 0 aliphatic heterocycles. The van der Waals surface area contributed by atoms with Crippen LogP contribution in [0.25, 0.3) is 0 Å². The molecule has 2 rings (SSSR count). The second-order valence-corrected chi connectivity index (χ2v) is 4.64. The van der Waals surface area contributed by atoms with Crippen LogP contribution in [0.15, 0.2) is 30.6 Å². The molecule has 0 spiro atoms. The molecule has 0 bridgehead atoms. The van der Waals surface area contributed by atoms with Crippen molar-refractivity contribution in [1.29, 1.82) is 0 Å². The minimum atomic E-state index is 0.0306. The minimum Gasteiger partial charge on any atom is -0.337 e. The Morgan fingerprint density at radius 1 is 1.28 bits per heavy atom. The summed E-state index contributed by atoms with van der Waals surface area (Å²) in [4.78, 5) is 14.0. The van der Waals surface area contributed by atoms with Crippen molar-refractivity contribution < 1.29 is 4.79 Å². The summed E-state index contributed by atoms with van der Waals surface area (Å²) < 4.78 is 0. The Kier molecular flexibility index (Phi) is 3.46. The van der Waals surface area contributed by atoms with Crippen LogP contribution < -0.4 is 0 Å². The topological polar surface area (TPSA) is 49.0 Å². The SMILES string of the molecule is Cc1cc(C)cc(C(=O)N(C)Cc2cn[nH]c2)c1. The van der Waals surface area contributed by atoms with Crippen LogP contribution in [0.1, 0.15) is 27.0 Å². The maximum absolute atomic E-state index is 12.3. The lowest BCUT2D eigenvalue weighted by atomic mass is 10.1. The number of nitrogens with one attached hydrogen (secondary N) is 1. The van der Waals surface area contributed by atoms with Crippen molar-refractivity contribution in [3.05, 3.63) is 52.8 Å². The highest BCUT2D eigenvalue weighted by molar-refractivity contribution is 5.94. The number of rotatable bonds is 3. The number of aryl methyl sites for hydroxylation is 2. The highest BCUT2D eigenvalue weighted by Gasteiger charge is 2.13. The molecule has 18 heavy (non-hydrogen) atoms. The van der Waals surface area contributed by atoms with E-state index in [0.29, 0.717) is 6.54 Å². The number of H-pyrrole nitrogens is 1. The van der Waals surface area contributed by atoms with Crippen LogP contribution in [0.4, 0.5) is 0 Å². The van der Waals surface area contributed by atoms with Crippen LogP contribution in [0.3, 0.4) is 0 Å². The molecule has 0 atom stereocenters. The molecule has 0 aliphatic carbocycles. The number of nitrogens with zero attached hydrogens (tertiary/aromatic N) is 2. The summed E-state index contributed by atoms with van der Waals surface area (Å²) in [5.74, 6) is 0.0306. The van der Waals surface area contributed by atoms with Gasteiger partial charge in [-0.15, -0.1) is 0 Å². The quantitative estimate of drug-likeness (QED) is 0.899. The Labute approximate surface area is 107 Å². The van der Waals surface area contributed by atoms with Crippen LogP contribution in [0.2, 0.25) is 0 Å². The van der Waals surface area contributed by atoms with Gasteiger partial charge >= 0.3 is 0 Å². The average Bonchev–Trinajstić information content (AvgIpc) is 2.79. The van der Waals surface area contributed by atoms with E-state index in [1.54, 1.807) is 24.3 Å². The molecular formula is C14H17N3O. The predicted octanol–water partition coefficient (Wildman–Crippen LogP) is 2.30. The van der Waals surface area contributed by atoms with Gasteiger partial charge in [-0.2, -0.15) is 5.10 Å². The molecule has 0 fully saturated rings. The molecule has 2 aromatic rings. The molecule has 0 saturated heterocycles. The third-order valence-electron chi connectivity index (χ3n) is 2.79. The number of carbonyl (C=O) groups excluding carboxylic acids is 1. The van der Waals surface area contributed by atoms with E-state index in [9.17, 15) is 4.79 Å². The molecule has 4 heteroatoms. The van der Waals surface area contributed by atoms with E-state index in [0.717, 1.165) is 22.3 Å². The lowest BCUT2D eigenvalue weighted by molar-refractivity contribution is 0.0785. The summed E-state index contributed by atoms with van der Waals surface area (Å²) >= 11 is 0. The van der Waals surface area contributed by atoms with Gasteiger partial charge in [-0.3, -0.25) is 9.89 Å². The fourth-order valence-corrected chi connectivity index (χ4v) is 2.03. The summed E-state index contributed by atoms with van der Waals surface area (Å²) in [7, 11) is 1.80. The predicted molar refractivity (Wildman–Crippen MR) is 70.3 cm³/mol. The van der Waals surface area contributed by atoms with E-state index < -0.39 is 0 Å². The van der Waals surface area contributed by atoms with E-state index in [4.69, 9.17) is 0 Å². The minimum absolute atomic E-state index is 0.0306. The van der Waals surface area contributed by atoms with Crippen molar-refractivity contribution in [1.82, 2.24) is 15.1 Å². The zero-order chi connectivity index (χ0) is 13.1. The first-order valence-electron chi connectivity index (χ1n) is 5.87. The second kappa shape index (κ2) is 5.04. The van der Waals surface area contributed by atoms with Crippen molar-refractivity contribution in [2.45, 2.75) is 20.4 Å². The highest BCUT2D eigenvalue weighted by atomic mass is 16.2. The van der Waals surface area contributed by atoms with Crippen LogP contribution >= 0.6 is 0 Å². The molecule has 0 aliphatic rings. The van der Waals surface area contributed by atoms with Crippen molar-refractivity contribution in [3.63, 3.8) is 0 Å². The van der Waals surface area contributed by atoms with Crippen molar-refractivity contribution in [2.24, 2.45) is 0 Å². The number of aromatic nitrogens is 2. The van der Waals surface area contributed by atoms with E-state index in [2.05, 4.69) is 16.3 Å². The van der Waals surface area contributed by atoms with Gasteiger partial charge in [-0.25, -0.2) is 0 Å². The summed E-state index contributed by atoms with van der Waals surface area (Å²) in [6.07, 6.45) is 3.52. The Balaban J connectivity index is 2.15. The smallest absolute Gasteiger partial charge is 0.253 e. The van der Waals surface area contributed by atoms with Gasteiger partial charge in [0.1, 0.15) is 0 Å². The molecule has 1 N–H and O–H groups in total. The zero-order valence-corrected chi connectivity index (χ0v) is 10.9. The monoisotopic (exact) mass is 243 g/mol. The maximum Gasteiger partial charge on any atom is 0.253 e. The van der Waals surface area contributed by atoms with Gasteiger partial charge < -0.3 is 4.90 Å². The molecule has 1 aromatic heterocycles. The van der Waals surface area contributed by atoms with Crippen LogP contribution in [0, 0.1) is 13.8 Å². The fraction of sp³-hybridized carbons (Fsp3) is 0.286. The number of carbonyl (C=O) groups is 1. The Hall–Kier alpha value is -2.10. The molecule has 1 heterocycles. The third-order valence-corrected chi connectivity index (χ3v) is 2.79.